The molecule has 1 unspecified atom stereocenters. The van der Waals surface area contributed by atoms with Crippen LogP contribution in [0.4, 0.5) is 0 Å². The summed E-state index contributed by atoms with van der Waals surface area (Å²) in [6, 6.07) is 6.40. The first kappa shape index (κ1) is 11.3. The minimum absolute atomic E-state index is 0.264. The third-order valence-electron chi connectivity index (χ3n) is 2.28. The van der Waals surface area contributed by atoms with Crippen LogP contribution in [0.2, 0.25) is 5.02 Å². The van der Waals surface area contributed by atoms with Crippen molar-refractivity contribution in [1.29, 1.82) is 0 Å². The molecule has 0 saturated carbocycles. The number of benzene rings is 1. The fourth-order valence-electron chi connectivity index (χ4n) is 1.48. The highest BCUT2D eigenvalue weighted by Gasteiger charge is 2.10. The van der Waals surface area contributed by atoms with Crippen LogP contribution in [0.3, 0.4) is 0 Å². The molecular weight excluding hydrogens is 194 g/mol. The van der Waals surface area contributed by atoms with Crippen molar-refractivity contribution in [1.82, 2.24) is 5.32 Å². The Morgan fingerprint density at radius 2 is 2.29 bits per heavy atom. The number of nitrogens with one attached hydrogen (secondary N) is 1. The molecule has 0 saturated heterocycles. The lowest BCUT2D eigenvalue weighted by atomic mass is 10.0. The summed E-state index contributed by atoms with van der Waals surface area (Å²) in [6.45, 7) is 5.78. The maximum atomic E-state index is 6.16. The maximum absolute atomic E-state index is 6.16. The van der Waals surface area contributed by atoms with Gasteiger partial charge in [-0.05, 0) is 37.6 Å². The number of halogens is 1. The van der Waals surface area contributed by atoms with Crippen molar-refractivity contribution in [2.75, 3.05) is 7.05 Å². The van der Waals surface area contributed by atoms with Crippen LogP contribution in [0, 0.1) is 6.92 Å². The molecule has 1 aromatic carbocycles. The highest BCUT2D eigenvalue weighted by molar-refractivity contribution is 6.31. The lowest BCUT2D eigenvalue weighted by Gasteiger charge is -2.16. The molecule has 0 aliphatic carbocycles. The van der Waals surface area contributed by atoms with E-state index >= 15 is 0 Å². The van der Waals surface area contributed by atoms with Crippen molar-refractivity contribution in [2.24, 2.45) is 0 Å². The van der Waals surface area contributed by atoms with E-state index in [-0.39, 0.29) is 6.04 Å². The molecule has 1 atom stereocenters. The van der Waals surface area contributed by atoms with Crippen LogP contribution in [-0.4, -0.2) is 7.05 Å². The standard InChI is InChI=1S/C12H16ClN/c1-4-5-12(14-3)10-7-6-9(2)8-11(10)13/h4,6-8,12,14H,1,5H2,2-3H3. The lowest BCUT2D eigenvalue weighted by molar-refractivity contribution is 0.604. The average molecular weight is 210 g/mol. The molecule has 1 nitrogen and oxygen atoms in total. The van der Waals surface area contributed by atoms with Gasteiger partial charge in [0.05, 0.1) is 0 Å². The molecule has 0 amide bonds. The zero-order valence-corrected chi connectivity index (χ0v) is 9.43. The van der Waals surface area contributed by atoms with Crippen LogP contribution in [0.1, 0.15) is 23.6 Å². The van der Waals surface area contributed by atoms with Crippen LogP contribution in [-0.2, 0) is 0 Å². The number of rotatable bonds is 4. The quantitative estimate of drug-likeness (QED) is 0.749. The predicted molar refractivity (Wildman–Crippen MR) is 62.8 cm³/mol. The van der Waals surface area contributed by atoms with E-state index < -0.39 is 0 Å². The van der Waals surface area contributed by atoms with E-state index in [1.54, 1.807) is 0 Å². The van der Waals surface area contributed by atoms with Crippen molar-refractivity contribution < 1.29 is 0 Å². The summed E-state index contributed by atoms with van der Waals surface area (Å²) in [6.07, 6.45) is 2.79. The molecule has 0 heterocycles. The first-order valence-electron chi connectivity index (χ1n) is 4.73. The molecule has 2 heteroatoms. The second kappa shape index (κ2) is 5.18. The molecule has 0 radical (unpaired) electrons. The van der Waals surface area contributed by atoms with Crippen molar-refractivity contribution in [2.45, 2.75) is 19.4 Å². The largest absolute Gasteiger partial charge is 0.313 e. The maximum Gasteiger partial charge on any atom is 0.0456 e. The van der Waals surface area contributed by atoms with Crippen molar-refractivity contribution >= 4 is 11.6 Å². The van der Waals surface area contributed by atoms with Gasteiger partial charge in [-0.3, -0.25) is 0 Å². The van der Waals surface area contributed by atoms with Gasteiger partial charge in [-0.2, -0.15) is 0 Å². The Balaban J connectivity index is 2.97. The van der Waals surface area contributed by atoms with E-state index in [1.807, 2.05) is 26.1 Å². The van der Waals surface area contributed by atoms with E-state index in [0.29, 0.717) is 0 Å². The van der Waals surface area contributed by atoms with E-state index in [2.05, 4.69) is 24.0 Å². The minimum Gasteiger partial charge on any atom is -0.313 e. The summed E-state index contributed by atoms with van der Waals surface area (Å²) in [5, 5.41) is 4.05. The fraction of sp³-hybridized carbons (Fsp3) is 0.333. The zero-order valence-electron chi connectivity index (χ0n) is 8.68. The summed E-state index contributed by atoms with van der Waals surface area (Å²) in [5.74, 6) is 0. The van der Waals surface area contributed by atoms with Gasteiger partial charge < -0.3 is 5.32 Å². The van der Waals surface area contributed by atoms with E-state index in [0.717, 1.165) is 17.0 Å². The van der Waals surface area contributed by atoms with Gasteiger partial charge in [-0.1, -0.05) is 29.8 Å². The fourth-order valence-corrected chi connectivity index (χ4v) is 1.85. The molecule has 0 fully saturated rings. The lowest BCUT2D eigenvalue weighted by Crippen LogP contribution is -2.15. The third kappa shape index (κ3) is 2.60. The predicted octanol–water partition coefficient (Wildman–Crippen LogP) is 3.49. The topological polar surface area (TPSA) is 12.0 Å². The highest BCUT2D eigenvalue weighted by atomic mass is 35.5. The molecule has 76 valence electrons. The van der Waals surface area contributed by atoms with E-state index in [9.17, 15) is 0 Å². The first-order chi connectivity index (χ1) is 6.69. The van der Waals surface area contributed by atoms with E-state index in [1.165, 1.54) is 5.56 Å². The van der Waals surface area contributed by atoms with Crippen molar-refractivity contribution in [3.8, 4) is 0 Å². The summed E-state index contributed by atoms with van der Waals surface area (Å²) in [7, 11) is 1.93. The van der Waals surface area contributed by atoms with Gasteiger partial charge in [0.15, 0.2) is 0 Å². The normalized spacial score (nSPS) is 12.5. The molecule has 0 spiro atoms. The van der Waals surface area contributed by atoms with Crippen LogP contribution >= 0.6 is 11.6 Å². The Morgan fingerprint density at radius 1 is 1.57 bits per heavy atom. The van der Waals surface area contributed by atoms with Crippen LogP contribution in [0.25, 0.3) is 0 Å². The van der Waals surface area contributed by atoms with Gasteiger partial charge in [0.25, 0.3) is 0 Å². The monoisotopic (exact) mass is 209 g/mol. The number of hydrogen-bond donors (Lipinski definition) is 1. The third-order valence-corrected chi connectivity index (χ3v) is 2.61. The molecule has 0 aliphatic heterocycles. The van der Waals surface area contributed by atoms with Gasteiger partial charge in [0, 0.05) is 11.1 Å². The molecule has 14 heavy (non-hydrogen) atoms. The van der Waals surface area contributed by atoms with Crippen LogP contribution in [0.15, 0.2) is 30.9 Å². The summed E-state index contributed by atoms with van der Waals surface area (Å²) >= 11 is 6.16. The van der Waals surface area contributed by atoms with Gasteiger partial charge in [0.2, 0.25) is 0 Å². The Morgan fingerprint density at radius 3 is 2.79 bits per heavy atom. The Kier molecular flexibility index (Phi) is 4.18. The molecule has 1 rings (SSSR count). The Bertz CT molecular complexity index is 320. The summed E-state index contributed by atoms with van der Waals surface area (Å²) in [5.41, 5.74) is 2.33. The van der Waals surface area contributed by atoms with Gasteiger partial charge in [0.1, 0.15) is 0 Å². The van der Waals surface area contributed by atoms with E-state index in [4.69, 9.17) is 11.6 Å². The molecule has 1 N–H and O–H groups in total. The number of hydrogen-bond acceptors (Lipinski definition) is 1. The zero-order chi connectivity index (χ0) is 10.6. The van der Waals surface area contributed by atoms with Gasteiger partial charge in [-0.25, -0.2) is 0 Å². The van der Waals surface area contributed by atoms with Gasteiger partial charge >= 0.3 is 0 Å². The highest BCUT2D eigenvalue weighted by Crippen LogP contribution is 2.26. The average Bonchev–Trinajstić information content (AvgIpc) is 2.15. The Labute approximate surface area is 90.8 Å². The first-order valence-corrected chi connectivity index (χ1v) is 5.11. The second-order valence-electron chi connectivity index (χ2n) is 3.39. The summed E-state index contributed by atoms with van der Waals surface area (Å²) < 4.78 is 0. The van der Waals surface area contributed by atoms with Crippen LogP contribution < -0.4 is 5.32 Å². The molecular formula is C12H16ClN. The number of aryl methyl sites for hydroxylation is 1. The van der Waals surface area contributed by atoms with Gasteiger partial charge in [-0.15, -0.1) is 6.58 Å². The van der Waals surface area contributed by atoms with Crippen molar-refractivity contribution in [3.05, 3.63) is 47.0 Å². The molecule has 0 aliphatic rings. The van der Waals surface area contributed by atoms with Crippen LogP contribution in [0.5, 0.6) is 0 Å². The Hall–Kier alpha value is -0.790. The van der Waals surface area contributed by atoms with Crippen molar-refractivity contribution in [3.63, 3.8) is 0 Å². The summed E-state index contributed by atoms with van der Waals surface area (Å²) in [4.78, 5) is 0. The SMILES string of the molecule is C=CCC(NC)c1ccc(C)cc1Cl. The second-order valence-corrected chi connectivity index (χ2v) is 3.80. The molecule has 1 aromatic rings. The minimum atomic E-state index is 0.264. The molecule has 0 aromatic heterocycles. The molecule has 0 bridgehead atoms. The smallest absolute Gasteiger partial charge is 0.0456 e.